The summed E-state index contributed by atoms with van der Waals surface area (Å²) in [6.07, 6.45) is 2.60. The summed E-state index contributed by atoms with van der Waals surface area (Å²) in [5, 5.41) is 5.87. The molecule has 0 aliphatic carbocycles. The van der Waals surface area contributed by atoms with Crippen LogP contribution < -0.4 is 0 Å². The molecule has 3 heterocycles. The molecule has 0 spiro atoms. The van der Waals surface area contributed by atoms with E-state index in [1.165, 1.54) is 16.1 Å². The van der Waals surface area contributed by atoms with Crippen molar-refractivity contribution in [1.82, 2.24) is 19.7 Å². The van der Waals surface area contributed by atoms with Crippen molar-refractivity contribution in [3.05, 3.63) is 57.2 Å². The van der Waals surface area contributed by atoms with Crippen molar-refractivity contribution in [2.24, 2.45) is 0 Å². The molecule has 0 saturated heterocycles. The van der Waals surface area contributed by atoms with E-state index in [1.54, 1.807) is 11.3 Å². The zero-order chi connectivity index (χ0) is 19.7. The van der Waals surface area contributed by atoms with Crippen LogP contribution in [-0.4, -0.2) is 38.7 Å². The molecule has 6 heteroatoms. The minimum absolute atomic E-state index is 0.139. The van der Waals surface area contributed by atoms with Crippen LogP contribution >= 0.6 is 11.3 Å². The van der Waals surface area contributed by atoms with Crippen LogP contribution in [0.1, 0.15) is 33.8 Å². The molecule has 2 aromatic heterocycles. The van der Waals surface area contributed by atoms with Gasteiger partial charge in [0.25, 0.3) is 0 Å². The van der Waals surface area contributed by atoms with E-state index in [4.69, 9.17) is 5.10 Å². The molecule has 4 rings (SSSR count). The Morgan fingerprint density at radius 2 is 2.00 bits per heavy atom. The number of hydrogen-bond donors (Lipinski definition) is 0. The lowest BCUT2D eigenvalue weighted by molar-refractivity contribution is -0.132. The number of carbonyl (C=O) groups excluding carboxylic acids is 1. The molecule has 3 aromatic rings. The van der Waals surface area contributed by atoms with Gasteiger partial charge in [0, 0.05) is 42.1 Å². The van der Waals surface area contributed by atoms with Gasteiger partial charge in [-0.3, -0.25) is 9.48 Å². The van der Waals surface area contributed by atoms with Gasteiger partial charge in [0.15, 0.2) is 0 Å². The van der Waals surface area contributed by atoms with E-state index in [1.807, 2.05) is 15.6 Å². The fourth-order valence-electron chi connectivity index (χ4n) is 3.79. The first-order chi connectivity index (χ1) is 13.5. The molecule has 0 saturated carbocycles. The third kappa shape index (κ3) is 3.87. The largest absolute Gasteiger partial charge is 0.340 e. The number of amides is 1. The number of nitrogens with zero attached hydrogens (tertiary/aromatic N) is 4. The van der Waals surface area contributed by atoms with Gasteiger partial charge < -0.3 is 4.90 Å². The van der Waals surface area contributed by atoms with Gasteiger partial charge in [-0.25, -0.2) is 4.98 Å². The molecule has 1 amide bonds. The summed E-state index contributed by atoms with van der Waals surface area (Å²) in [5.41, 5.74) is 5.51. The maximum absolute atomic E-state index is 13.0. The molecule has 5 nitrogen and oxygen atoms in total. The maximum Gasteiger partial charge on any atom is 0.244 e. The lowest BCUT2D eigenvalue weighted by Gasteiger charge is -2.20. The summed E-state index contributed by atoms with van der Waals surface area (Å²) >= 11 is 1.76. The lowest BCUT2D eigenvalue weighted by Crippen LogP contribution is -2.36. The summed E-state index contributed by atoms with van der Waals surface area (Å²) in [4.78, 5) is 20.9. The highest BCUT2D eigenvalue weighted by Crippen LogP contribution is 2.23. The molecule has 0 unspecified atom stereocenters. The minimum atomic E-state index is 0.139. The highest BCUT2D eigenvalue weighted by molar-refractivity contribution is 7.11. The summed E-state index contributed by atoms with van der Waals surface area (Å²) < 4.78 is 1.88. The van der Waals surface area contributed by atoms with E-state index in [0.717, 1.165) is 54.3 Å². The number of aromatic nitrogens is 3. The molecule has 28 heavy (non-hydrogen) atoms. The Morgan fingerprint density at radius 1 is 1.18 bits per heavy atom. The average Bonchev–Trinajstić information content (AvgIpc) is 3.18. The standard InChI is InChI=1S/C22H26N4OS/c1-4-18-13-20(17-7-5-6-15(2)12-17)24-26(18)14-22(27)25-10-8-19-21(9-11-25)28-16(3)23-19/h5-7,12-13H,4,8-11,14H2,1-3H3. The van der Waals surface area contributed by atoms with E-state index in [9.17, 15) is 4.79 Å². The van der Waals surface area contributed by atoms with Crippen molar-refractivity contribution in [2.75, 3.05) is 13.1 Å². The second-order valence-electron chi connectivity index (χ2n) is 7.39. The Morgan fingerprint density at radius 3 is 2.79 bits per heavy atom. The molecule has 0 atom stereocenters. The van der Waals surface area contributed by atoms with E-state index in [0.29, 0.717) is 6.54 Å². The summed E-state index contributed by atoms with van der Waals surface area (Å²) in [7, 11) is 0. The second kappa shape index (κ2) is 7.87. The number of thiazole rings is 1. The average molecular weight is 395 g/mol. The van der Waals surface area contributed by atoms with Gasteiger partial charge >= 0.3 is 0 Å². The number of benzene rings is 1. The summed E-state index contributed by atoms with van der Waals surface area (Å²) in [6.45, 7) is 8.05. The molecule has 0 N–H and O–H groups in total. The first-order valence-electron chi connectivity index (χ1n) is 9.90. The third-order valence-corrected chi connectivity index (χ3v) is 6.36. The Bertz CT molecular complexity index is 978. The highest BCUT2D eigenvalue weighted by Gasteiger charge is 2.22. The highest BCUT2D eigenvalue weighted by atomic mass is 32.1. The van der Waals surface area contributed by atoms with Gasteiger partial charge in [-0.05, 0) is 32.4 Å². The SMILES string of the molecule is CCc1cc(-c2cccc(C)c2)nn1CC(=O)N1CCc2nc(C)sc2CC1. The predicted molar refractivity (Wildman–Crippen MR) is 113 cm³/mol. The van der Waals surface area contributed by atoms with E-state index < -0.39 is 0 Å². The van der Waals surface area contributed by atoms with Crippen LogP contribution in [0.25, 0.3) is 11.3 Å². The van der Waals surface area contributed by atoms with Gasteiger partial charge in [-0.2, -0.15) is 5.10 Å². The number of fused-ring (bicyclic) bond motifs is 1. The second-order valence-corrected chi connectivity index (χ2v) is 8.67. The number of aryl methyl sites for hydroxylation is 3. The zero-order valence-corrected chi connectivity index (χ0v) is 17.6. The normalized spacial score (nSPS) is 14.0. The molecule has 1 aliphatic heterocycles. The Hall–Kier alpha value is -2.47. The smallest absolute Gasteiger partial charge is 0.244 e. The molecule has 0 radical (unpaired) electrons. The Kier molecular flexibility index (Phi) is 5.31. The number of carbonyl (C=O) groups is 1. The van der Waals surface area contributed by atoms with E-state index in [-0.39, 0.29) is 5.91 Å². The van der Waals surface area contributed by atoms with Crippen LogP contribution in [0.3, 0.4) is 0 Å². The van der Waals surface area contributed by atoms with Crippen LogP contribution in [0.2, 0.25) is 0 Å². The Labute approximate surface area is 170 Å². The quantitative estimate of drug-likeness (QED) is 0.676. The first-order valence-corrected chi connectivity index (χ1v) is 10.7. The van der Waals surface area contributed by atoms with Gasteiger partial charge in [-0.1, -0.05) is 30.7 Å². The van der Waals surface area contributed by atoms with Crippen molar-refractivity contribution in [3.63, 3.8) is 0 Å². The molecule has 146 valence electrons. The summed E-state index contributed by atoms with van der Waals surface area (Å²) in [6, 6.07) is 10.4. The third-order valence-electron chi connectivity index (χ3n) is 5.29. The van der Waals surface area contributed by atoms with Gasteiger partial charge in [0.1, 0.15) is 6.54 Å². The molecule has 1 aliphatic rings. The van der Waals surface area contributed by atoms with Crippen LogP contribution in [0, 0.1) is 13.8 Å². The Balaban J connectivity index is 1.49. The van der Waals surface area contributed by atoms with E-state index >= 15 is 0 Å². The fraction of sp³-hybridized carbons (Fsp3) is 0.409. The number of rotatable bonds is 4. The molecule has 0 bridgehead atoms. The molecular weight excluding hydrogens is 368 g/mol. The predicted octanol–water partition coefficient (Wildman–Crippen LogP) is 3.81. The van der Waals surface area contributed by atoms with Crippen LogP contribution in [0.5, 0.6) is 0 Å². The van der Waals surface area contributed by atoms with Gasteiger partial charge in [-0.15, -0.1) is 11.3 Å². The van der Waals surface area contributed by atoms with Crippen molar-refractivity contribution in [1.29, 1.82) is 0 Å². The number of hydrogen-bond acceptors (Lipinski definition) is 4. The van der Waals surface area contributed by atoms with Gasteiger partial charge in [0.05, 0.1) is 16.4 Å². The first kappa shape index (κ1) is 18.9. The lowest BCUT2D eigenvalue weighted by atomic mass is 10.1. The molecular formula is C22H26N4OS. The molecule has 1 aromatic carbocycles. The topological polar surface area (TPSA) is 51.0 Å². The van der Waals surface area contributed by atoms with Crippen molar-refractivity contribution >= 4 is 17.2 Å². The minimum Gasteiger partial charge on any atom is -0.340 e. The zero-order valence-electron chi connectivity index (χ0n) is 16.7. The molecule has 0 fully saturated rings. The van der Waals surface area contributed by atoms with Crippen LogP contribution in [0.4, 0.5) is 0 Å². The van der Waals surface area contributed by atoms with Gasteiger partial charge in [0.2, 0.25) is 5.91 Å². The van der Waals surface area contributed by atoms with Crippen molar-refractivity contribution < 1.29 is 4.79 Å². The maximum atomic E-state index is 13.0. The van der Waals surface area contributed by atoms with Crippen LogP contribution in [0.15, 0.2) is 30.3 Å². The summed E-state index contributed by atoms with van der Waals surface area (Å²) in [5.74, 6) is 0.139. The van der Waals surface area contributed by atoms with Crippen molar-refractivity contribution in [2.45, 2.75) is 46.6 Å². The monoisotopic (exact) mass is 394 g/mol. The van der Waals surface area contributed by atoms with E-state index in [2.05, 4.69) is 50.0 Å². The van der Waals surface area contributed by atoms with Crippen LogP contribution in [-0.2, 0) is 30.6 Å². The fourth-order valence-corrected chi connectivity index (χ4v) is 4.76. The van der Waals surface area contributed by atoms with Crippen molar-refractivity contribution in [3.8, 4) is 11.3 Å².